The smallest absolute Gasteiger partial charge is 0.322 e. The van der Waals surface area contributed by atoms with Gasteiger partial charge in [0.2, 0.25) is 5.91 Å². The Kier molecular flexibility index (Phi) is 4.50. The molecule has 0 spiro atoms. The topological polar surface area (TPSA) is 87.7 Å². The second kappa shape index (κ2) is 7.11. The fourth-order valence-electron chi connectivity index (χ4n) is 3.32. The lowest BCUT2D eigenvalue weighted by Gasteiger charge is -2.28. The molecule has 1 atom stereocenters. The molecular formula is C20H19N3O4. The Balaban J connectivity index is 1.54. The van der Waals surface area contributed by atoms with Crippen molar-refractivity contribution in [1.29, 1.82) is 0 Å². The van der Waals surface area contributed by atoms with Crippen LogP contribution >= 0.6 is 0 Å². The quantitative estimate of drug-likeness (QED) is 0.817. The van der Waals surface area contributed by atoms with Crippen molar-refractivity contribution in [3.8, 4) is 11.5 Å². The van der Waals surface area contributed by atoms with E-state index in [1.54, 1.807) is 4.90 Å². The molecule has 7 heteroatoms. The molecule has 2 heterocycles. The van der Waals surface area contributed by atoms with Crippen LogP contribution in [0, 0.1) is 0 Å². The molecule has 1 saturated heterocycles. The summed E-state index contributed by atoms with van der Waals surface area (Å²) in [5.74, 6) is 0.995. The molecule has 1 fully saturated rings. The Morgan fingerprint density at radius 2 is 1.59 bits per heavy atom. The van der Waals surface area contributed by atoms with Gasteiger partial charge in [-0.1, -0.05) is 36.4 Å². The van der Waals surface area contributed by atoms with Crippen molar-refractivity contribution < 1.29 is 19.1 Å². The highest BCUT2D eigenvalue weighted by Gasteiger charge is 2.30. The van der Waals surface area contributed by atoms with E-state index in [0.717, 1.165) is 22.6 Å². The second-order valence-corrected chi connectivity index (χ2v) is 6.62. The average molecular weight is 365 g/mol. The first-order chi connectivity index (χ1) is 13.1. The number of carbonyl (C=O) groups excluding carboxylic acids is 3. The molecule has 0 aliphatic carbocycles. The zero-order valence-corrected chi connectivity index (χ0v) is 14.6. The predicted molar refractivity (Wildman–Crippen MR) is 96.9 cm³/mol. The minimum absolute atomic E-state index is 0.0737. The van der Waals surface area contributed by atoms with Crippen LogP contribution in [-0.4, -0.2) is 28.8 Å². The molecule has 4 amide bonds. The number of fused-ring (bicyclic) bond motifs is 2. The van der Waals surface area contributed by atoms with E-state index in [2.05, 4.69) is 10.6 Å². The Morgan fingerprint density at radius 3 is 2.15 bits per heavy atom. The van der Waals surface area contributed by atoms with E-state index in [1.165, 1.54) is 0 Å². The summed E-state index contributed by atoms with van der Waals surface area (Å²) >= 11 is 0. The Hall–Kier alpha value is -3.35. The van der Waals surface area contributed by atoms with Crippen molar-refractivity contribution >= 4 is 17.8 Å². The third-order valence-corrected chi connectivity index (χ3v) is 4.75. The standard InChI is InChI=1S/C20H19N3O4/c24-18(10-9-15-19(25)22-20(26)21-15)23-11-13-5-1-3-7-16(13)27-17-8-4-2-6-14(17)12-23/h1-8,15H,9-12H2,(H2,21,22,25,26)/t15-/m0/s1. The van der Waals surface area contributed by atoms with Crippen LogP contribution in [0.3, 0.4) is 0 Å². The lowest BCUT2D eigenvalue weighted by molar-refractivity contribution is -0.132. The highest BCUT2D eigenvalue weighted by atomic mass is 16.5. The van der Waals surface area contributed by atoms with Crippen LogP contribution in [0.15, 0.2) is 48.5 Å². The first-order valence-electron chi connectivity index (χ1n) is 8.83. The van der Waals surface area contributed by atoms with Gasteiger partial charge in [0.05, 0.1) is 0 Å². The lowest BCUT2D eigenvalue weighted by Crippen LogP contribution is -2.34. The average Bonchev–Trinajstić information content (AvgIpc) is 2.97. The number of urea groups is 1. The van der Waals surface area contributed by atoms with Crippen LogP contribution in [0.4, 0.5) is 4.79 Å². The zero-order chi connectivity index (χ0) is 18.8. The van der Waals surface area contributed by atoms with Gasteiger partial charge in [0.1, 0.15) is 17.5 Å². The lowest BCUT2D eigenvalue weighted by atomic mass is 10.1. The van der Waals surface area contributed by atoms with Crippen molar-refractivity contribution in [2.45, 2.75) is 32.0 Å². The van der Waals surface area contributed by atoms with E-state index in [4.69, 9.17) is 4.74 Å². The van der Waals surface area contributed by atoms with Crippen LogP contribution < -0.4 is 15.4 Å². The third-order valence-electron chi connectivity index (χ3n) is 4.75. The first-order valence-corrected chi connectivity index (χ1v) is 8.83. The predicted octanol–water partition coefficient (Wildman–Crippen LogP) is 2.31. The van der Waals surface area contributed by atoms with Crippen molar-refractivity contribution in [3.05, 3.63) is 59.7 Å². The number of rotatable bonds is 3. The number of ether oxygens (including phenoxy) is 1. The summed E-state index contributed by atoms with van der Waals surface area (Å²) < 4.78 is 6.04. The first kappa shape index (κ1) is 17.1. The van der Waals surface area contributed by atoms with Crippen molar-refractivity contribution in [3.63, 3.8) is 0 Å². The molecular weight excluding hydrogens is 346 g/mol. The van der Waals surface area contributed by atoms with E-state index in [9.17, 15) is 14.4 Å². The summed E-state index contributed by atoms with van der Waals surface area (Å²) in [7, 11) is 0. The summed E-state index contributed by atoms with van der Waals surface area (Å²) in [4.78, 5) is 37.5. The summed E-state index contributed by atoms with van der Waals surface area (Å²) in [6, 6.07) is 14.1. The molecule has 138 valence electrons. The number of benzene rings is 2. The van der Waals surface area contributed by atoms with Crippen LogP contribution in [0.5, 0.6) is 11.5 Å². The van der Waals surface area contributed by atoms with Gasteiger partial charge in [0, 0.05) is 30.6 Å². The summed E-state index contributed by atoms with van der Waals surface area (Å²) in [5, 5.41) is 4.71. The van der Waals surface area contributed by atoms with Gasteiger partial charge in [-0.15, -0.1) is 0 Å². The highest BCUT2D eigenvalue weighted by molar-refractivity contribution is 6.04. The molecule has 2 aromatic carbocycles. The molecule has 7 nitrogen and oxygen atoms in total. The number of amides is 4. The Bertz CT molecular complexity index is 864. The molecule has 2 aliphatic heterocycles. The second-order valence-electron chi connectivity index (χ2n) is 6.62. The maximum atomic E-state index is 12.9. The number of hydrogen-bond acceptors (Lipinski definition) is 4. The van der Waals surface area contributed by atoms with Crippen molar-refractivity contribution in [1.82, 2.24) is 15.5 Å². The van der Waals surface area contributed by atoms with Crippen LogP contribution in [0.2, 0.25) is 0 Å². The maximum absolute atomic E-state index is 12.9. The van der Waals surface area contributed by atoms with Crippen LogP contribution in [-0.2, 0) is 22.7 Å². The summed E-state index contributed by atoms with van der Waals surface area (Å²) in [6.45, 7) is 0.846. The zero-order valence-electron chi connectivity index (χ0n) is 14.6. The van der Waals surface area contributed by atoms with Gasteiger partial charge in [-0.2, -0.15) is 0 Å². The number of para-hydroxylation sites is 2. The minimum atomic E-state index is -0.654. The molecule has 0 radical (unpaired) electrons. The largest absolute Gasteiger partial charge is 0.457 e. The van der Waals surface area contributed by atoms with Crippen LogP contribution in [0.25, 0.3) is 0 Å². The van der Waals surface area contributed by atoms with E-state index >= 15 is 0 Å². The van der Waals surface area contributed by atoms with E-state index < -0.39 is 12.1 Å². The fraction of sp³-hybridized carbons (Fsp3) is 0.250. The van der Waals surface area contributed by atoms with E-state index in [1.807, 2.05) is 48.5 Å². The van der Waals surface area contributed by atoms with Crippen molar-refractivity contribution in [2.24, 2.45) is 0 Å². The summed E-state index contributed by atoms with van der Waals surface area (Å²) in [5.41, 5.74) is 1.85. The molecule has 2 aromatic rings. The fourth-order valence-corrected chi connectivity index (χ4v) is 3.32. The molecule has 0 bridgehead atoms. The molecule has 2 aliphatic rings. The number of hydrogen-bond donors (Lipinski definition) is 2. The number of imide groups is 1. The minimum Gasteiger partial charge on any atom is -0.457 e. The van der Waals surface area contributed by atoms with E-state index in [-0.39, 0.29) is 24.7 Å². The normalized spacial score (nSPS) is 18.4. The molecule has 4 rings (SSSR count). The van der Waals surface area contributed by atoms with Crippen LogP contribution in [0.1, 0.15) is 24.0 Å². The van der Waals surface area contributed by atoms with E-state index in [0.29, 0.717) is 13.1 Å². The molecule has 0 unspecified atom stereocenters. The van der Waals surface area contributed by atoms with Gasteiger partial charge in [0.15, 0.2) is 0 Å². The van der Waals surface area contributed by atoms with Gasteiger partial charge in [0.25, 0.3) is 5.91 Å². The van der Waals surface area contributed by atoms with Gasteiger partial charge < -0.3 is 15.0 Å². The monoisotopic (exact) mass is 365 g/mol. The number of nitrogens with zero attached hydrogens (tertiary/aromatic N) is 1. The third kappa shape index (κ3) is 3.62. The molecule has 0 aromatic heterocycles. The SMILES string of the molecule is O=C1NC(=O)[C@H](CCC(=O)N2Cc3ccccc3Oc3ccccc3C2)N1. The number of carbonyl (C=O) groups is 3. The van der Waals surface area contributed by atoms with Crippen molar-refractivity contribution in [2.75, 3.05) is 0 Å². The molecule has 27 heavy (non-hydrogen) atoms. The molecule has 0 saturated carbocycles. The van der Waals surface area contributed by atoms with Gasteiger partial charge in [-0.05, 0) is 18.6 Å². The van der Waals surface area contributed by atoms with Gasteiger partial charge in [-0.25, -0.2) is 4.79 Å². The van der Waals surface area contributed by atoms with Gasteiger partial charge >= 0.3 is 6.03 Å². The Morgan fingerprint density at radius 1 is 1.00 bits per heavy atom. The number of nitrogens with one attached hydrogen (secondary N) is 2. The highest BCUT2D eigenvalue weighted by Crippen LogP contribution is 2.32. The summed E-state index contributed by atoms with van der Waals surface area (Å²) in [6.07, 6.45) is 0.441. The molecule has 2 N–H and O–H groups in total. The van der Waals surface area contributed by atoms with Gasteiger partial charge in [-0.3, -0.25) is 14.9 Å². The maximum Gasteiger partial charge on any atom is 0.322 e. The Labute approximate surface area is 156 Å².